The van der Waals surface area contributed by atoms with Crippen molar-refractivity contribution in [3.63, 3.8) is 0 Å². The van der Waals surface area contributed by atoms with E-state index < -0.39 is 13.8 Å². The molecule has 0 aromatic rings. The van der Waals surface area contributed by atoms with Gasteiger partial charge in [0.2, 0.25) is 5.78 Å². The van der Waals surface area contributed by atoms with Crippen LogP contribution in [0.1, 0.15) is 0 Å². The first-order chi connectivity index (χ1) is 3.18. The van der Waals surface area contributed by atoms with Crippen molar-refractivity contribution in [3.05, 3.63) is 0 Å². The summed E-state index contributed by atoms with van der Waals surface area (Å²) >= 11 is 0. The molecule has 2 atom stereocenters. The molecule has 0 aliphatic rings. The first-order valence-electron chi connectivity index (χ1n) is 1.77. The molecule has 4 nitrogen and oxygen atoms in total. The maximum Gasteiger partial charge on any atom is 0.329 e. The van der Waals surface area contributed by atoms with Crippen LogP contribution in [0.4, 0.5) is 0 Å². The van der Waals surface area contributed by atoms with Crippen LogP contribution in [-0.2, 0) is 4.57 Å². The molecule has 0 saturated carbocycles. The van der Waals surface area contributed by atoms with Crippen molar-refractivity contribution in [1.82, 2.24) is 0 Å². The Labute approximate surface area is 42.4 Å². The molecule has 0 aliphatic heterocycles. The number of nitrogens with two attached hydrogens (primary N) is 2. The van der Waals surface area contributed by atoms with Crippen molar-refractivity contribution in [1.29, 1.82) is 0 Å². The second-order valence-electron chi connectivity index (χ2n) is 1.09. The second kappa shape index (κ2) is 3.04. The predicted octanol–water partition coefficient (Wildman–Crippen LogP) is -1.67. The molecule has 7 heavy (non-hydrogen) atoms. The van der Waals surface area contributed by atoms with Crippen molar-refractivity contribution in [3.8, 4) is 0 Å². The maximum absolute atomic E-state index is 9.76. The average molecular weight is 122 g/mol. The molecular formula is C2H7N2O2P. The van der Waals surface area contributed by atoms with Crippen LogP contribution >= 0.6 is 8.03 Å². The lowest BCUT2D eigenvalue weighted by atomic mass is 10.7. The minimum Gasteiger partial charge on any atom is -0.594 e. The highest BCUT2D eigenvalue weighted by Crippen LogP contribution is 2.08. The molecule has 2 unspecified atom stereocenters. The Morgan fingerprint density at radius 3 is 2.29 bits per heavy atom. The van der Waals surface area contributed by atoms with E-state index in [0.29, 0.717) is 0 Å². The van der Waals surface area contributed by atoms with Gasteiger partial charge in [-0.05, 0) is 0 Å². The molecule has 4 N–H and O–H groups in total. The molecule has 0 heterocycles. The van der Waals surface area contributed by atoms with Crippen molar-refractivity contribution >= 4 is 8.03 Å². The average Bonchev–Trinajstić information content (AvgIpc) is 1.65. The summed E-state index contributed by atoms with van der Waals surface area (Å²) in [6.45, 7) is -0.00129. The Bertz CT molecular complexity index is 76.1. The standard InChI is InChI=1S/C2H7N2O2P/c3-1-2(4)7(5)6/h2H,1,3-4H2. The van der Waals surface area contributed by atoms with Crippen molar-refractivity contribution in [2.45, 2.75) is 5.78 Å². The third-order valence-electron chi connectivity index (χ3n) is 0.512. The van der Waals surface area contributed by atoms with Gasteiger partial charge in [0.05, 0.1) is 6.54 Å². The highest BCUT2D eigenvalue weighted by atomic mass is 31.1. The summed E-state index contributed by atoms with van der Waals surface area (Å²) in [5.74, 6) is -0.866. The first-order valence-corrected chi connectivity index (χ1v) is 3.02. The minimum absolute atomic E-state index is 0.00129. The summed E-state index contributed by atoms with van der Waals surface area (Å²) in [5, 5.41) is 0. The van der Waals surface area contributed by atoms with Gasteiger partial charge < -0.3 is 10.6 Å². The monoisotopic (exact) mass is 122 g/mol. The Balaban J connectivity index is 3.34. The van der Waals surface area contributed by atoms with Crippen LogP contribution in [0.5, 0.6) is 0 Å². The van der Waals surface area contributed by atoms with E-state index in [1.54, 1.807) is 0 Å². The third-order valence-corrected chi connectivity index (χ3v) is 1.26. The number of rotatable bonds is 2. The molecule has 0 spiro atoms. The fourth-order valence-electron chi connectivity index (χ4n) is 0.0861. The lowest BCUT2D eigenvalue weighted by Crippen LogP contribution is -2.28. The van der Waals surface area contributed by atoms with Gasteiger partial charge in [-0.15, -0.1) is 0 Å². The van der Waals surface area contributed by atoms with Gasteiger partial charge >= 0.3 is 8.03 Å². The SMILES string of the molecule is NCC(N)[P+](=O)[O-]. The normalized spacial score (nSPS) is 16.1. The molecule has 0 aromatic carbocycles. The first kappa shape index (κ1) is 6.98. The Morgan fingerprint density at radius 1 is 1.86 bits per heavy atom. The summed E-state index contributed by atoms with van der Waals surface area (Å²) in [4.78, 5) is 9.76. The summed E-state index contributed by atoms with van der Waals surface area (Å²) in [6, 6.07) is 0. The quantitative estimate of drug-likeness (QED) is 0.428. The predicted molar refractivity (Wildman–Crippen MR) is 24.6 cm³/mol. The van der Waals surface area contributed by atoms with Gasteiger partial charge in [-0.1, -0.05) is 4.57 Å². The largest absolute Gasteiger partial charge is 0.594 e. The molecule has 0 saturated heterocycles. The van der Waals surface area contributed by atoms with Crippen molar-refractivity contribution in [2.75, 3.05) is 6.54 Å². The number of hydrogen-bond acceptors (Lipinski definition) is 4. The zero-order valence-electron chi connectivity index (χ0n) is 3.70. The van der Waals surface area contributed by atoms with E-state index in [2.05, 4.69) is 0 Å². The summed E-state index contributed by atoms with van der Waals surface area (Å²) in [5.41, 5.74) is 9.76. The Hall–Kier alpha value is -0.0200. The fourth-order valence-corrected chi connectivity index (χ4v) is 0.258. The van der Waals surface area contributed by atoms with Gasteiger partial charge in [0, 0.05) is 0 Å². The van der Waals surface area contributed by atoms with Gasteiger partial charge in [0.25, 0.3) is 0 Å². The van der Waals surface area contributed by atoms with Crippen LogP contribution in [0.2, 0.25) is 0 Å². The molecule has 42 valence electrons. The van der Waals surface area contributed by atoms with Crippen LogP contribution in [-0.4, -0.2) is 12.3 Å². The molecule has 0 fully saturated rings. The third kappa shape index (κ3) is 2.65. The maximum atomic E-state index is 9.76. The summed E-state index contributed by atoms with van der Waals surface area (Å²) < 4.78 is 9.76. The molecule has 0 rings (SSSR count). The lowest BCUT2D eigenvalue weighted by Gasteiger charge is -1.93. The fraction of sp³-hybridized carbons (Fsp3) is 1.00. The topological polar surface area (TPSA) is 92.2 Å². The van der Waals surface area contributed by atoms with Gasteiger partial charge in [-0.3, -0.25) is 5.73 Å². The Morgan fingerprint density at radius 2 is 2.29 bits per heavy atom. The van der Waals surface area contributed by atoms with E-state index in [9.17, 15) is 9.46 Å². The molecule has 0 amide bonds. The smallest absolute Gasteiger partial charge is 0.329 e. The van der Waals surface area contributed by atoms with Gasteiger partial charge in [-0.2, -0.15) is 0 Å². The van der Waals surface area contributed by atoms with E-state index >= 15 is 0 Å². The molecule has 0 radical (unpaired) electrons. The van der Waals surface area contributed by atoms with Crippen LogP contribution in [0.3, 0.4) is 0 Å². The van der Waals surface area contributed by atoms with Crippen LogP contribution in [0.15, 0.2) is 0 Å². The molecule has 0 aliphatic carbocycles. The molecular weight excluding hydrogens is 115 g/mol. The van der Waals surface area contributed by atoms with E-state index in [1.165, 1.54) is 0 Å². The minimum atomic E-state index is -2.51. The van der Waals surface area contributed by atoms with Crippen LogP contribution < -0.4 is 16.4 Å². The summed E-state index contributed by atoms with van der Waals surface area (Å²) in [6.07, 6.45) is 0. The Kier molecular flexibility index (Phi) is 3.04. The number of hydrogen-bond donors (Lipinski definition) is 2. The van der Waals surface area contributed by atoms with Crippen molar-refractivity contribution in [2.24, 2.45) is 11.5 Å². The van der Waals surface area contributed by atoms with Gasteiger partial charge in [0.15, 0.2) is 0 Å². The van der Waals surface area contributed by atoms with Crippen LogP contribution in [0, 0.1) is 0 Å². The van der Waals surface area contributed by atoms with Gasteiger partial charge in [0.1, 0.15) is 0 Å². The van der Waals surface area contributed by atoms with Crippen LogP contribution in [0.25, 0.3) is 0 Å². The zero-order valence-corrected chi connectivity index (χ0v) is 4.60. The van der Waals surface area contributed by atoms with Gasteiger partial charge in [-0.25, -0.2) is 0 Å². The second-order valence-corrected chi connectivity index (χ2v) is 2.32. The molecule has 0 aromatic heterocycles. The lowest BCUT2D eigenvalue weighted by molar-refractivity contribution is -0.166. The summed E-state index contributed by atoms with van der Waals surface area (Å²) in [7, 11) is -2.51. The van der Waals surface area contributed by atoms with E-state index in [4.69, 9.17) is 11.5 Å². The highest BCUT2D eigenvalue weighted by Gasteiger charge is 2.10. The zero-order chi connectivity index (χ0) is 5.86. The van der Waals surface area contributed by atoms with E-state index in [-0.39, 0.29) is 6.54 Å². The molecule has 0 bridgehead atoms. The van der Waals surface area contributed by atoms with Crippen molar-refractivity contribution < 1.29 is 9.46 Å². The van der Waals surface area contributed by atoms with E-state index in [0.717, 1.165) is 0 Å². The van der Waals surface area contributed by atoms with E-state index in [1.807, 2.05) is 0 Å². The highest BCUT2D eigenvalue weighted by molar-refractivity contribution is 7.37. The molecule has 5 heteroatoms.